The summed E-state index contributed by atoms with van der Waals surface area (Å²) in [6.07, 6.45) is 0.964. The van der Waals surface area contributed by atoms with E-state index in [-0.39, 0.29) is 40.2 Å². The van der Waals surface area contributed by atoms with Gasteiger partial charge in [-0.05, 0) is 25.1 Å². The van der Waals surface area contributed by atoms with E-state index in [2.05, 4.69) is 11.6 Å². The molecule has 38 heavy (non-hydrogen) atoms. The second-order valence-electron chi connectivity index (χ2n) is 9.23. The zero-order valence-electron chi connectivity index (χ0n) is 20.6. The molecule has 3 heterocycles. The van der Waals surface area contributed by atoms with Crippen molar-refractivity contribution in [1.82, 2.24) is 14.5 Å². The van der Waals surface area contributed by atoms with Crippen LogP contribution in [0.25, 0.3) is 22.0 Å². The molecule has 2 aliphatic rings. The van der Waals surface area contributed by atoms with E-state index in [4.69, 9.17) is 27.9 Å². The Morgan fingerprint density at radius 2 is 1.95 bits per heavy atom. The summed E-state index contributed by atoms with van der Waals surface area (Å²) < 4.78 is 36.2. The average Bonchev–Trinajstić information content (AvgIpc) is 3.09. The van der Waals surface area contributed by atoms with Crippen LogP contribution >= 0.6 is 35.0 Å². The van der Waals surface area contributed by atoms with Gasteiger partial charge in [-0.25, -0.2) is 13.6 Å². The molecule has 2 aromatic carbocycles. The van der Waals surface area contributed by atoms with Crippen LogP contribution in [0.3, 0.4) is 0 Å². The number of carbonyl (C=O) groups excluding carboxylic acids is 1. The van der Waals surface area contributed by atoms with Gasteiger partial charge in [0.1, 0.15) is 17.5 Å². The number of piperazine rings is 1. The van der Waals surface area contributed by atoms with Gasteiger partial charge in [0, 0.05) is 66.0 Å². The lowest BCUT2D eigenvalue weighted by molar-refractivity contribution is -0.126. The van der Waals surface area contributed by atoms with E-state index in [1.807, 2.05) is 11.8 Å². The van der Waals surface area contributed by atoms with Crippen LogP contribution in [0, 0.1) is 11.6 Å². The molecule has 200 valence electrons. The standard InChI is InChI=1S/C26H24Cl2F2N4O3S/c1-4-21(35)32-5-6-33(13(2)10-32)25-16-8-18(28)22(15-7-17(27)20(30)9-19(15)29)24-23(16)34(26(36)31-25)11-14(37-3)12-38-24/h4,7-9,13-14H,1,5-6,10-12H2,2-3H3. The van der Waals surface area contributed by atoms with Gasteiger partial charge in [0.05, 0.1) is 28.2 Å². The molecule has 1 fully saturated rings. The molecule has 1 amide bonds. The van der Waals surface area contributed by atoms with E-state index in [0.29, 0.717) is 52.6 Å². The predicted molar refractivity (Wildman–Crippen MR) is 146 cm³/mol. The van der Waals surface area contributed by atoms with Crippen molar-refractivity contribution in [3.8, 4) is 11.1 Å². The van der Waals surface area contributed by atoms with Gasteiger partial charge in [-0.15, -0.1) is 11.8 Å². The van der Waals surface area contributed by atoms with E-state index in [9.17, 15) is 14.0 Å². The fraction of sp³-hybridized carbons (Fsp3) is 0.346. The van der Waals surface area contributed by atoms with Crippen LogP contribution in [-0.4, -0.2) is 65.0 Å². The molecular formula is C26H24Cl2F2N4O3S. The molecule has 3 aromatic rings. The molecule has 0 spiro atoms. The zero-order valence-corrected chi connectivity index (χ0v) is 23.0. The molecule has 0 aliphatic carbocycles. The summed E-state index contributed by atoms with van der Waals surface area (Å²) in [4.78, 5) is 34.3. The van der Waals surface area contributed by atoms with Crippen molar-refractivity contribution in [3.63, 3.8) is 0 Å². The minimum Gasteiger partial charge on any atom is -0.379 e. The normalized spacial score (nSPS) is 19.5. The summed E-state index contributed by atoms with van der Waals surface area (Å²) in [7, 11) is 1.56. The van der Waals surface area contributed by atoms with Gasteiger partial charge in [-0.1, -0.05) is 29.8 Å². The van der Waals surface area contributed by atoms with Crippen molar-refractivity contribution >= 4 is 57.6 Å². The summed E-state index contributed by atoms with van der Waals surface area (Å²) in [5.41, 5.74) is 0.408. The highest BCUT2D eigenvalue weighted by Gasteiger charge is 2.32. The molecule has 2 aliphatic heterocycles. The van der Waals surface area contributed by atoms with E-state index >= 15 is 4.39 Å². The first-order valence-corrected chi connectivity index (χ1v) is 13.6. The van der Waals surface area contributed by atoms with Gasteiger partial charge in [-0.2, -0.15) is 4.98 Å². The van der Waals surface area contributed by atoms with Gasteiger partial charge < -0.3 is 14.5 Å². The second-order valence-corrected chi connectivity index (χ2v) is 11.1. The smallest absolute Gasteiger partial charge is 0.350 e. The lowest BCUT2D eigenvalue weighted by atomic mass is 10.0. The Morgan fingerprint density at radius 3 is 2.63 bits per heavy atom. The third-order valence-corrected chi connectivity index (χ3v) is 8.76. The number of hydrogen-bond donors (Lipinski definition) is 0. The number of thioether (sulfide) groups is 1. The number of hydrogen-bond acceptors (Lipinski definition) is 6. The van der Waals surface area contributed by atoms with E-state index in [1.54, 1.807) is 18.1 Å². The fourth-order valence-corrected chi connectivity index (χ4v) is 6.87. The van der Waals surface area contributed by atoms with Crippen LogP contribution in [-0.2, 0) is 16.1 Å². The molecule has 12 heteroatoms. The molecule has 2 atom stereocenters. The summed E-state index contributed by atoms with van der Waals surface area (Å²) in [6, 6.07) is 3.43. The van der Waals surface area contributed by atoms with Crippen molar-refractivity contribution in [2.45, 2.75) is 30.5 Å². The molecule has 1 aromatic heterocycles. The maximum absolute atomic E-state index is 15.1. The maximum atomic E-state index is 15.1. The number of aromatic nitrogens is 2. The lowest BCUT2D eigenvalue weighted by Gasteiger charge is -2.40. The van der Waals surface area contributed by atoms with Gasteiger partial charge in [0.15, 0.2) is 0 Å². The Balaban J connectivity index is 1.76. The monoisotopic (exact) mass is 580 g/mol. The third kappa shape index (κ3) is 4.57. The van der Waals surface area contributed by atoms with Gasteiger partial charge in [0.2, 0.25) is 5.91 Å². The second kappa shape index (κ2) is 10.5. The molecule has 7 nitrogen and oxygen atoms in total. The number of amides is 1. The Hall–Kier alpha value is -2.66. The van der Waals surface area contributed by atoms with Crippen LogP contribution in [0.5, 0.6) is 0 Å². The molecule has 0 N–H and O–H groups in total. The fourth-order valence-electron chi connectivity index (χ4n) is 5.03. The topological polar surface area (TPSA) is 67.7 Å². The first-order valence-electron chi connectivity index (χ1n) is 11.9. The Morgan fingerprint density at radius 1 is 1.18 bits per heavy atom. The number of benzene rings is 2. The quantitative estimate of drug-likeness (QED) is 0.320. The minimum atomic E-state index is -0.880. The molecule has 2 unspecified atom stereocenters. The molecule has 0 saturated carbocycles. The number of nitrogens with zero attached hydrogens (tertiary/aromatic N) is 4. The maximum Gasteiger partial charge on any atom is 0.350 e. The first kappa shape index (κ1) is 26.9. The number of ether oxygens (including phenoxy) is 1. The van der Waals surface area contributed by atoms with E-state index in [0.717, 1.165) is 6.07 Å². The average molecular weight is 581 g/mol. The van der Waals surface area contributed by atoms with Crippen molar-refractivity contribution in [1.29, 1.82) is 0 Å². The van der Waals surface area contributed by atoms with E-state index in [1.165, 1.54) is 28.5 Å². The van der Waals surface area contributed by atoms with Gasteiger partial charge >= 0.3 is 5.69 Å². The molecule has 0 bridgehead atoms. The Labute approximate surface area is 232 Å². The van der Waals surface area contributed by atoms with Crippen molar-refractivity contribution in [3.05, 3.63) is 63.0 Å². The molecule has 5 rings (SSSR count). The number of methoxy groups -OCH3 is 1. The number of halogens is 4. The van der Waals surface area contributed by atoms with Crippen LogP contribution < -0.4 is 10.6 Å². The molecular weight excluding hydrogens is 557 g/mol. The Kier molecular flexibility index (Phi) is 7.43. The summed E-state index contributed by atoms with van der Waals surface area (Å²) >= 11 is 14.2. The summed E-state index contributed by atoms with van der Waals surface area (Å²) in [5.74, 6) is -0.965. The molecule has 1 saturated heterocycles. The largest absolute Gasteiger partial charge is 0.379 e. The van der Waals surface area contributed by atoms with E-state index < -0.39 is 17.3 Å². The van der Waals surface area contributed by atoms with Crippen LogP contribution in [0.2, 0.25) is 10.0 Å². The van der Waals surface area contributed by atoms with Crippen molar-refractivity contribution in [2.75, 3.05) is 37.4 Å². The van der Waals surface area contributed by atoms with Crippen molar-refractivity contribution < 1.29 is 18.3 Å². The number of rotatable bonds is 4. The summed E-state index contributed by atoms with van der Waals surface area (Å²) in [5, 5.41) is 0.576. The first-order chi connectivity index (χ1) is 18.1. The predicted octanol–water partition coefficient (Wildman–Crippen LogP) is 4.99. The highest BCUT2D eigenvalue weighted by Crippen LogP contribution is 2.46. The third-order valence-electron chi connectivity index (χ3n) is 6.95. The summed E-state index contributed by atoms with van der Waals surface area (Å²) in [6.45, 7) is 7.05. The van der Waals surface area contributed by atoms with Gasteiger partial charge in [-0.3, -0.25) is 9.36 Å². The van der Waals surface area contributed by atoms with Gasteiger partial charge in [0.25, 0.3) is 0 Å². The van der Waals surface area contributed by atoms with Crippen molar-refractivity contribution in [2.24, 2.45) is 0 Å². The van der Waals surface area contributed by atoms with Crippen LogP contribution in [0.1, 0.15) is 6.92 Å². The van der Waals surface area contributed by atoms with Crippen LogP contribution in [0.4, 0.5) is 14.6 Å². The number of anilines is 1. The molecule has 0 radical (unpaired) electrons. The SMILES string of the molecule is C=CC(=O)N1CCN(c2nc(=O)n3c4c(c(-c5cc(Cl)c(F)cc5F)c(Cl)cc24)SCC(OC)C3)C(C)C1. The highest BCUT2D eigenvalue weighted by atomic mass is 35.5. The number of carbonyl (C=O) groups is 1. The Bertz CT molecular complexity index is 1530. The lowest BCUT2D eigenvalue weighted by Crippen LogP contribution is -2.54. The highest BCUT2D eigenvalue weighted by molar-refractivity contribution is 7.99. The minimum absolute atomic E-state index is 0.0314. The zero-order chi connectivity index (χ0) is 27.3. The van der Waals surface area contributed by atoms with Crippen LogP contribution in [0.15, 0.2) is 40.5 Å².